The van der Waals surface area contributed by atoms with Gasteiger partial charge in [0.2, 0.25) is 5.91 Å². The Labute approximate surface area is 87.9 Å². The quantitative estimate of drug-likeness (QED) is 0.695. The maximum atomic E-state index is 11.6. The van der Waals surface area contributed by atoms with Gasteiger partial charge in [-0.2, -0.15) is 0 Å². The summed E-state index contributed by atoms with van der Waals surface area (Å²) in [4.78, 5) is 11.6. The number of nitrogens with two attached hydrogens (primary N) is 1. The van der Waals surface area contributed by atoms with Gasteiger partial charge in [-0.05, 0) is 30.0 Å². The number of fused-ring (bicyclic) bond motifs is 5. The van der Waals surface area contributed by atoms with Crippen LogP contribution in [0.1, 0.15) is 29.9 Å². The minimum atomic E-state index is -0.836. The third-order valence-electron chi connectivity index (χ3n) is 3.91. The summed E-state index contributed by atoms with van der Waals surface area (Å²) in [6, 6.07) is 8.68. The molecule has 3 unspecified atom stereocenters. The zero-order valence-electron chi connectivity index (χ0n) is 8.23. The second-order valence-electron chi connectivity index (χ2n) is 4.42. The minimum absolute atomic E-state index is 0.0497. The fourth-order valence-corrected chi connectivity index (χ4v) is 3.18. The molecule has 15 heavy (non-hydrogen) atoms. The average Bonchev–Trinajstić information content (AvgIpc) is 2.70. The van der Waals surface area contributed by atoms with Crippen LogP contribution in [0.25, 0.3) is 0 Å². The van der Waals surface area contributed by atoms with Gasteiger partial charge in [-0.15, -0.1) is 0 Å². The molecule has 0 spiro atoms. The first-order valence-electron chi connectivity index (χ1n) is 5.17. The van der Waals surface area contributed by atoms with Crippen LogP contribution in [0, 0.1) is 6.07 Å². The van der Waals surface area contributed by atoms with Gasteiger partial charge < -0.3 is 10.8 Å². The molecular formula is C12H12NO2. The van der Waals surface area contributed by atoms with Crippen LogP contribution < -0.4 is 5.73 Å². The van der Waals surface area contributed by atoms with Gasteiger partial charge in [-0.3, -0.25) is 4.79 Å². The predicted molar refractivity (Wildman–Crippen MR) is 54.1 cm³/mol. The maximum absolute atomic E-state index is 11.6. The molecule has 1 fully saturated rings. The molecule has 3 heteroatoms. The summed E-state index contributed by atoms with van der Waals surface area (Å²) in [7, 11) is 0. The summed E-state index contributed by atoms with van der Waals surface area (Å²) < 4.78 is 0. The zero-order chi connectivity index (χ0) is 10.6. The number of hydrogen-bond donors (Lipinski definition) is 2. The fraction of sp³-hybridized carbons (Fsp3) is 0.417. The van der Waals surface area contributed by atoms with E-state index in [2.05, 4.69) is 6.07 Å². The lowest BCUT2D eigenvalue weighted by Gasteiger charge is -2.26. The Bertz CT molecular complexity index is 443. The standard InChI is InChI=1S/C12H12NO2/c13-11(15)12-6-5-8(10(12)14)7-3-1-2-4-9(7)12/h1-2,4,8,10,14H,5-6H2,(H2,13,15). The van der Waals surface area contributed by atoms with Crippen molar-refractivity contribution in [2.45, 2.75) is 30.3 Å². The van der Waals surface area contributed by atoms with Crippen molar-refractivity contribution in [3.63, 3.8) is 0 Å². The zero-order valence-corrected chi connectivity index (χ0v) is 8.23. The van der Waals surface area contributed by atoms with Gasteiger partial charge in [0, 0.05) is 5.92 Å². The number of hydrogen-bond acceptors (Lipinski definition) is 2. The number of amides is 1. The van der Waals surface area contributed by atoms with Crippen molar-refractivity contribution < 1.29 is 9.90 Å². The first-order chi connectivity index (χ1) is 7.18. The summed E-state index contributed by atoms with van der Waals surface area (Å²) >= 11 is 0. The number of carbonyl (C=O) groups excluding carboxylic acids is 1. The molecule has 3 nitrogen and oxygen atoms in total. The number of rotatable bonds is 1. The molecule has 2 aliphatic carbocycles. The highest BCUT2D eigenvalue weighted by atomic mass is 16.3. The first kappa shape index (κ1) is 8.92. The highest BCUT2D eigenvalue weighted by Gasteiger charge is 2.60. The molecule has 1 radical (unpaired) electrons. The molecule has 0 aliphatic heterocycles. The normalized spacial score (nSPS) is 36.6. The van der Waals surface area contributed by atoms with Crippen LogP contribution in [0.5, 0.6) is 0 Å². The van der Waals surface area contributed by atoms with Gasteiger partial charge >= 0.3 is 0 Å². The molecule has 1 saturated carbocycles. The van der Waals surface area contributed by atoms with E-state index >= 15 is 0 Å². The summed E-state index contributed by atoms with van der Waals surface area (Å²) in [6.07, 6.45) is 0.847. The summed E-state index contributed by atoms with van der Waals surface area (Å²) in [5, 5.41) is 10.2. The van der Waals surface area contributed by atoms with Crippen molar-refractivity contribution >= 4 is 5.91 Å². The van der Waals surface area contributed by atoms with E-state index in [4.69, 9.17) is 5.73 Å². The summed E-state index contributed by atoms with van der Waals surface area (Å²) in [5.41, 5.74) is 6.50. The fourth-order valence-electron chi connectivity index (χ4n) is 3.18. The Balaban J connectivity index is 2.28. The lowest BCUT2D eigenvalue weighted by Crippen LogP contribution is -2.45. The number of benzene rings is 1. The van der Waals surface area contributed by atoms with E-state index < -0.39 is 17.4 Å². The SMILES string of the molecule is NC(=O)C12CCC(c3[c]cccc31)C2O. The molecule has 77 valence electrons. The second-order valence-corrected chi connectivity index (χ2v) is 4.42. The molecule has 1 aromatic carbocycles. The van der Waals surface area contributed by atoms with Crippen molar-refractivity contribution in [3.8, 4) is 0 Å². The van der Waals surface area contributed by atoms with E-state index in [1.807, 2.05) is 18.2 Å². The van der Waals surface area contributed by atoms with Crippen molar-refractivity contribution in [2.75, 3.05) is 0 Å². The van der Waals surface area contributed by atoms with Crippen molar-refractivity contribution in [1.82, 2.24) is 0 Å². The summed E-state index contributed by atoms with van der Waals surface area (Å²) in [6.45, 7) is 0. The molecule has 0 aromatic heterocycles. The molecule has 0 heterocycles. The molecule has 3 rings (SSSR count). The third kappa shape index (κ3) is 0.827. The molecule has 2 aliphatic rings. The van der Waals surface area contributed by atoms with Gasteiger partial charge in [-0.1, -0.05) is 18.2 Å². The van der Waals surface area contributed by atoms with Crippen LogP contribution in [0.3, 0.4) is 0 Å². The smallest absolute Gasteiger partial charge is 0.230 e. The van der Waals surface area contributed by atoms with E-state index in [1.54, 1.807) is 0 Å². The Morgan fingerprint density at radius 2 is 2.47 bits per heavy atom. The summed E-state index contributed by atoms with van der Waals surface area (Å²) in [5.74, 6) is -0.357. The Kier molecular flexibility index (Phi) is 1.55. The van der Waals surface area contributed by atoms with Gasteiger partial charge in [0.15, 0.2) is 0 Å². The highest BCUT2D eigenvalue weighted by molar-refractivity contribution is 5.90. The van der Waals surface area contributed by atoms with E-state index in [0.29, 0.717) is 6.42 Å². The second kappa shape index (κ2) is 2.61. The van der Waals surface area contributed by atoms with Crippen molar-refractivity contribution in [1.29, 1.82) is 0 Å². The average molecular weight is 202 g/mol. The molecule has 3 N–H and O–H groups in total. The van der Waals surface area contributed by atoms with Gasteiger partial charge in [0.05, 0.1) is 6.10 Å². The largest absolute Gasteiger partial charge is 0.391 e. The molecule has 0 saturated heterocycles. The van der Waals surface area contributed by atoms with Crippen LogP contribution in [0.4, 0.5) is 0 Å². The van der Waals surface area contributed by atoms with Gasteiger partial charge in [0.1, 0.15) is 5.41 Å². The van der Waals surface area contributed by atoms with Crippen molar-refractivity contribution in [3.05, 3.63) is 35.4 Å². The van der Waals surface area contributed by atoms with E-state index in [0.717, 1.165) is 17.5 Å². The van der Waals surface area contributed by atoms with E-state index in [9.17, 15) is 9.90 Å². The Morgan fingerprint density at radius 1 is 1.67 bits per heavy atom. The predicted octanol–water partition coefficient (Wildman–Crippen LogP) is 0.462. The molecule has 1 aromatic rings. The van der Waals surface area contributed by atoms with Crippen LogP contribution in [0.15, 0.2) is 18.2 Å². The molecule has 2 bridgehead atoms. The van der Waals surface area contributed by atoms with Gasteiger partial charge in [-0.25, -0.2) is 0 Å². The molecular weight excluding hydrogens is 190 g/mol. The van der Waals surface area contributed by atoms with Crippen LogP contribution in [-0.2, 0) is 10.2 Å². The molecule has 1 amide bonds. The van der Waals surface area contributed by atoms with Gasteiger partial charge in [0.25, 0.3) is 0 Å². The van der Waals surface area contributed by atoms with E-state index in [-0.39, 0.29) is 5.92 Å². The monoisotopic (exact) mass is 202 g/mol. The lowest BCUT2D eigenvalue weighted by atomic mass is 9.78. The number of aliphatic hydroxyl groups excluding tert-OH is 1. The maximum Gasteiger partial charge on any atom is 0.230 e. The number of carbonyl (C=O) groups is 1. The first-order valence-corrected chi connectivity index (χ1v) is 5.17. The Hall–Kier alpha value is -1.35. The van der Waals surface area contributed by atoms with Crippen LogP contribution >= 0.6 is 0 Å². The lowest BCUT2D eigenvalue weighted by molar-refractivity contribution is -0.126. The number of primary amides is 1. The topological polar surface area (TPSA) is 63.3 Å². The number of aliphatic hydroxyl groups is 1. The van der Waals surface area contributed by atoms with E-state index in [1.165, 1.54) is 0 Å². The third-order valence-corrected chi connectivity index (χ3v) is 3.91. The Morgan fingerprint density at radius 3 is 3.20 bits per heavy atom. The van der Waals surface area contributed by atoms with Crippen molar-refractivity contribution in [2.24, 2.45) is 5.73 Å². The van der Waals surface area contributed by atoms with Crippen LogP contribution in [-0.4, -0.2) is 17.1 Å². The van der Waals surface area contributed by atoms with Crippen LogP contribution in [0.2, 0.25) is 0 Å². The highest BCUT2D eigenvalue weighted by Crippen LogP contribution is 2.56. The minimum Gasteiger partial charge on any atom is -0.391 e. The molecule has 3 atom stereocenters.